The molecule has 0 bridgehead atoms. The lowest BCUT2D eigenvalue weighted by molar-refractivity contribution is -0.302. The van der Waals surface area contributed by atoms with Crippen LogP contribution < -0.4 is 5.32 Å². The second-order valence-corrected chi connectivity index (χ2v) is 18.7. The van der Waals surface area contributed by atoms with Crippen LogP contribution in [0.5, 0.6) is 0 Å². The molecule has 370 valence electrons. The summed E-state index contributed by atoms with van der Waals surface area (Å²) in [5, 5.41) is 54.1. The molecule has 1 saturated heterocycles. The summed E-state index contributed by atoms with van der Waals surface area (Å²) in [7, 11) is 0. The molecule has 0 aromatic heterocycles. The largest absolute Gasteiger partial charge is 0.394 e. The highest BCUT2D eigenvalue weighted by molar-refractivity contribution is 5.76. The summed E-state index contributed by atoms with van der Waals surface area (Å²) in [6.07, 6.45) is 49.6. The van der Waals surface area contributed by atoms with Gasteiger partial charge in [-0.05, 0) is 57.8 Å². The van der Waals surface area contributed by atoms with Gasteiger partial charge in [-0.25, -0.2) is 0 Å². The smallest absolute Gasteiger partial charge is 0.220 e. The average molecular weight is 892 g/mol. The lowest BCUT2D eigenvalue weighted by Gasteiger charge is -2.40. The van der Waals surface area contributed by atoms with Crippen LogP contribution in [0.25, 0.3) is 0 Å². The molecule has 1 amide bonds. The van der Waals surface area contributed by atoms with E-state index >= 15 is 0 Å². The van der Waals surface area contributed by atoms with E-state index in [2.05, 4.69) is 43.5 Å². The molecule has 1 aliphatic heterocycles. The van der Waals surface area contributed by atoms with Crippen LogP contribution >= 0.6 is 0 Å². The van der Waals surface area contributed by atoms with Crippen LogP contribution in [0.4, 0.5) is 0 Å². The van der Waals surface area contributed by atoms with E-state index in [4.69, 9.17) is 9.47 Å². The molecule has 0 aliphatic carbocycles. The minimum atomic E-state index is -1.57. The minimum absolute atomic E-state index is 0.188. The van der Waals surface area contributed by atoms with E-state index in [1.54, 1.807) is 6.08 Å². The molecule has 6 N–H and O–H groups in total. The third-order valence-corrected chi connectivity index (χ3v) is 12.7. The molecule has 1 aliphatic rings. The highest BCUT2D eigenvalue weighted by atomic mass is 16.7. The Morgan fingerprint density at radius 1 is 0.524 bits per heavy atom. The SMILES string of the molecule is CCCCC/C=C/CC/C=C/C(O)C(COC1OC(CO)C(O)C(O)C1O)NC(=O)CCCCCCCCCCCCCCCCC/C=C\CCCCCCCCCCCCCC. The first-order chi connectivity index (χ1) is 30.8. The molecule has 7 unspecified atom stereocenters. The quantitative estimate of drug-likeness (QED) is 0.0261. The number of rotatable bonds is 45. The highest BCUT2D eigenvalue weighted by Crippen LogP contribution is 2.23. The summed E-state index contributed by atoms with van der Waals surface area (Å²) >= 11 is 0. The molecule has 0 spiro atoms. The molecule has 0 saturated carbocycles. The van der Waals surface area contributed by atoms with Crippen molar-refractivity contribution in [2.24, 2.45) is 0 Å². The molecule has 0 aromatic carbocycles. The van der Waals surface area contributed by atoms with Crippen LogP contribution in [0, 0.1) is 0 Å². The molecule has 1 rings (SSSR count). The van der Waals surface area contributed by atoms with Crippen molar-refractivity contribution in [2.75, 3.05) is 13.2 Å². The number of aliphatic hydroxyl groups excluding tert-OH is 5. The molecule has 63 heavy (non-hydrogen) atoms. The Morgan fingerprint density at radius 3 is 1.37 bits per heavy atom. The molecule has 7 atom stereocenters. The van der Waals surface area contributed by atoms with Gasteiger partial charge in [-0.3, -0.25) is 4.79 Å². The van der Waals surface area contributed by atoms with E-state index in [9.17, 15) is 30.3 Å². The third-order valence-electron chi connectivity index (χ3n) is 12.7. The molecule has 9 nitrogen and oxygen atoms in total. The number of allylic oxidation sites excluding steroid dienone is 5. The van der Waals surface area contributed by atoms with Crippen molar-refractivity contribution in [1.29, 1.82) is 0 Å². The number of nitrogens with one attached hydrogen (secondary N) is 1. The van der Waals surface area contributed by atoms with Gasteiger partial charge in [0.25, 0.3) is 0 Å². The van der Waals surface area contributed by atoms with E-state index in [0.717, 1.165) is 38.5 Å². The van der Waals surface area contributed by atoms with Crippen LogP contribution in [-0.4, -0.2) is 87.5 Å². The normalized spacial score (nSPS) is 20.4. The van der Waals surface area contributed by atoms with Crippen molar-refractivity contribution in [2.45, 2.75) is 288 Å². The summed E-state index contributed by atoms with van der Waals surface area (Å²) in [6.45, 7) is 3.71. The number of aliphatic hydroxyl groups is 5. The minimum Gasteiger partial charge on any atom is -0.394 e. The van der Waals surface area contributed by atoms with E-state index in [1.807, 2.05) is 6.08 Å². The van der Waals surface area contributed by atoms with Crippen LogP contribution in [0.1, 0.15) is 245 Å². The Kier molecular flexibility index (Phi) is 41.7. The van der Waals surface area contributed by atoms with E-state index in [0.29, 0.717) is 6.42 Å². The van der Waals surface area contributed by atoms with Gasteiger partial charge in [-0.15, -0.1) is 0 Å². The van der Waals surface area contributed by atoms with Gasteiger partial charge in [0.2, 0.25) is 5.91 Å². The molecule has 0 radical (unpaired) electrons. The monoisotopic (exact) mass is 892 g/mol. The van der Waals surface area contributed by atoms with Crippen molar-refractivity contribution in [3.05, 3.63) is 36.5 Å². The third kappa shape index (κ3) is 34.4. The van der Waals surface area contributed by atoms with E-state index in [1.165, 1.54) is 186 Å². The number of carbonyl (C=O) groups excluding carboxylic acids is 1. The Morgan fingerprint density at radius 2 is 0.905 bits per heavy atom. The second-order valence-electron chi connectivity index (χ2n) is 18.7. The van der Waals surface area contributed by atoms with Gasteiger partial charge in [0.15, 0.2) is 6.29 Å². The molecule has 1 heterocycles. The first kappa shape index (κ1) is 59.4. The predicted octanol–water partition coefficient (Wildman–Crippen LogP) is 12.4. The number of unbranched alkanes of at least 4 members (excludes halogenated alkanes) is 31. The summed E-state index contributed by atoms with van der Waals surface area (Å²) < 4.78 is 11.2. The number of ether oxygens (including phenoxy) is 2. The van der Waals surface area contributed by atoms with Gasteiger partial charge < -0.3 is 40.3 Å². The highest BCUT2D eigenvalue weighted by Gasteiger charge is 2.44. The summed E-state index contributed by atoms with van der Waals surface area (Å²) in [4.78, 5) is 13.0. The average Bonchev–Trinajstić information content (AvgIpc) is 3.28. The van der Waals surface area contributed by atoms with Gasteiger partial charge in [0.1, 0.15) is 24.4 Å². The summed E-state index contributed by atoms with van der Waals surface area (Å²) in [6, 6.07) is -0.818. The van der Waals surface area contributed by atoms with Crippen molar-refractivity contribution in [1.82, 2.24) is 5.32 Å². The number of amides is 1. The predicted molar refractivity (Wildman–Crippen MR) is 263 cm³/mol. The lowest BCUT2D eigenvalue weighted by Crippen LogP contribution is -2.60. The lowest BCUT2D eigenvalue weighted by atomic mass is 9.99. The van der Waals surface area contributed by atoms with Crippen LogP contribution in [-0.2, 0) is 14.3 Å². The van der Waals surface area contributed by atoms with Crippen LogP contribution in [0.2, 0.25) is 0 Å². The van der Waals surface area contributed by atoms with Crippen LogP contribution in [0.3, 0.4) is 0 Å². The van der Waals surface area contributed by atoms with E-state index in [-0.39, 0.29) is 12.5 Å². The Labute approximate surface area is 387 Å². The Balaban J connectivity index is 2.10. The molecular formula is C54H101NO8. The Bertz CT molecular complexity index is 1080. The van der Waals surface area contributed by atoms with Gasteiger partial charge in [0.05, 0.1) is 25.4 Å². The maximum atomic E-state index is 13.0. The van der Waals surface area contributed by atoms with Gasteiger partial charge in [0, 0.05) is 6.42 Å². The fraction of sp³-hybridized carbons (Fsp3) is 0.870. The molecule has 9 heteroatoms. The first-order valence-corrected chi connectivity index (χ1v) is 26.7. The number of carbonyl (C=O) groups is 1. The molecule has 1 fully saturated rings. The Hall–Kier alpha value is -1.59. The van der Waals surface area contributed by atoms with Crippen molar-refractivity contribution in [3.63, 3.8) is 0 Å². The second kappa shape index (κ2) is 44.3. The van der Waals surface area contributed by atoms with Crippen LogP contribution in [0.15, 0.2) is 36.5 Å². The zero-order valence-corrected chi connectivity index (χ0v) is 40.8. The van der Waals surface area contributed by atoms with Crippen molar-refractivity contribution >= 4 is 5.91 Å². The maximum absolute atomic E-state index is 13.0. The van der Waals surface area contributed by atoms with Gasteiger partial charge in [-0.2, -0.15) is 0 Å². The fourth-order valence-electron chi connectivity index (χ4n) is 8.40. The molecular weight excluding hydrogens is 791 g/mol. The van der Waals surface area contributed by atoms with Crippen molar-refractivity contribution in [3.8, 4) is 0 Å². The topological polar surface area (TPSA) is 149 Å². The fourth-order valence-corrected chi connectivity index (χ4v) is 8.40. The summed E-state index contributed by atoms with van der Waals surface area (Å²) in [5.74, 6) is -0.188. The zero-order valence-electron chi connectivity index (χ0n) is 40.8. The standard InChI is InChI=1S/C54H101NO8/c1-3-5-7-9-11-13-14-15-16-17-18-19-20-21-22-23-24-25-26-27-28-29-30-31-32-33-34-36-38-40-42-44-50(58)55-47(48(57)43-41-39-37-35-12-10-8-6-4-2)46-62-54-53(61)52(60)51(59)49(45-56)63-54/h12,21-22,35,41,43,47-49,51-54,56-57,59-61H,3-11,13-20,23-34,36-40,42,44-46H2,1-2H3,(H,55,58)/b22-21-,35-12+,43-41+. The summed E-state index contributed by atoms with van der Waals surface area (Å²) in [5.41, 5.74) is 0. The maximum Gasteiger partial charge on any atom is 0.220 e. The number of hydrogen-bond donors (Lipinski definition) is 6. The zero-order chi connectivity index (χ0) is 45.9. The van der Waals surface area contributed by atoms with Gasteiger partial charge in [-0.1, -0.05) is 217 Å². The van der Waals surface area contributed by atoms with Crippen molar-refractivity contribution < 1.29 is 39.8 Å². The van der Waals surface area contributed by atoms with Gasteiger partial charge >= 0.3 is 0 Å². The first-order valence-electron chi connectivity index (χ1n) is 26.7. The van der Waals surface area contributed by atoms with E-state index < -0.39 is 49.5 Å². The number of hydrogen-bond acceptors (Lipinski definition) is 8. The molecule has 0 aromatic rings.